The van der Waals surface area contributed by atoms with Gasteiger partial charge in [-0.2, -0.15) is 0 Å². The largest absolute Gasteiger partial charge is 0.390 e. The van der Waals surface area contributed by atoms with Gasteiger partial charge in [-0.25, -0.2) is 0 Å². The molecule has 0 amide bonds. The minimum Gasteiger partial charge on any atom is -0.390 e. The molecule has 98 valence electrons. The lowest BCUT2D eigenvalue weighted by Gasteiger charge is -2.30. The lowest BCUT2D eigenvalue weighted by molar-refractivity contribution is 0.108. The quantitative estimate of drug-likeness (QED) is 0.699. The van der Waals surface area contributed by atoms with Crippen molar-refractivity contribution in [2.75, 3.05) is 26.2 Å². The fraction of sp³-hybridized carbons (Fsp3) is 1.00. The number of aliphatic hydroxyl groups excluding tert-OH is 1. The van der Waals surface area contributed by atoms with E-state index in [1.165, 1.54) is 0 Å². The summed E-state index contributed by atoms with van der Waals surface area (Å²) < 4.78 is 0. The number of hydrogen-bond acceptors (Lipinski definition) is 3. The van der Waals surface area contributed by atoms with Crippen molar-refractivity contribution >= 4 is 0 Å². The van der Waals surface area contributed by atoms with Crippen LogP contribution in [0, 0.1) is 5.41 Å². The minimum absolute atomic E-state index is 0.245. The Kier molecular flexibility index (Phi) is 7.20. The zero-order valence-electron chi connectivity index (χ0n) is 11.9. The molecule has 2 atom stereocenters. The Morgan fingerprint density at radius 2 is 1.69 bits per heavy atom. The fourth-order valence-electron chi connectivity index (χ4n) is 1.46. The van der Waals surface area contributed by atoms with Gasteiger partial charge in [0.05, 0.1) is 6.10 Å². The van der Waals surface area contributed by atoms with Crippen LogP contribution in [0.15, 0.2) is 0 Å². The number of nitrogens with zero attached hydrogens (tertiary/aromatic N) is 1. The number of nitrogens with one attached hydrogen (secondary N) is 1. The van der Waals surface area contributed by atoms with Crippen LogP contribution in [0.3, 0.4) is 0 Å². The van der Waals surface area contributed by atoms with Gasteiger partial charge in [-0.1, -0.05) is 34.6 Å². The normalized spacial score (nSPS) is 16.5. The fourth-order valence-corrected chi connectivity index (χ4v) is 1.46. The molecule has 0 saturated carbocycles. The molecule has 0 aliphatic heterocycles. The van der Waals surface area contributed by atoms with E-state index in [0.29, 0.717) is 12.6 Å². The molecule has 0 rings (SSSR count). The lowest BCUT2D eigenvalue weighted by Crippen LogP contribution is -2.44. The number of likely N-dealkylation sites (N-methyl/N-ethyl adjacent to an activating group) is 1. The van der Waals surface area contributed by atoms with Crippen LogP contribution in [0.25, 0.3) is 0 Å². The molecule has 0 bridgehead atoms. The molecule has 3 heteroatoms. The monoisotopic (exact) mass is 230 g/mol. The summed E-state index contributed by atoms with van der Waals surface area (Å²) in [6.07, 6.45) is -0.273. The van der Waals surface area contributed by atoms with E-state index in [9.17, 15) is 5.11 Å². The van der Waals surface area contributed by atoms with Gasteiger partial charge < -0.3 is 15.3 Å². The zero-order valence-corrected chi connectivity index (χ0v) is 11.9. The van der Waals surface area contributed by atoms with Crippen molar-refractivity contribution in [3.63, 3.8) is 0 Å². The first kappa shape index (κ1) is 15.9. The van der Waals surface area contributed by atoms with E-state index in [4.69, 9.17) is 0 Å². The highest BCUT2D eigenvalue weighted by atomic mass is 16.3. The summed E-state index contributed by atoms with van der Waals surface area (Å²) in [5.74, 6) is 0. The molecule has 2 N–H and O–H groups in total. The lowest BCUT2D eigenvalue weighted by atomic mass is 9.88. The molecule has 0 aromatic heterocycles. The Labute approximate surface area is 101 Å². The van der Waals surface area contributed by atoms with Crippen LogP contribution in [0.1, 0.15) is 41.5 Å². The Bertz CT molecular complexity index is 173. The second kappa shape index (κ2) is 7.25. The van der Waals surface area contributed by atoms with Gasteiger partial charge in [0.25, 0.3) is 0 Å². The van der Waals surface area contributed by atoms with Crippen molar-refractivity contribution in [2.45, 2.75) is 53.7 Å². The highest BCUT2D eigenvalue weighted by Crippen LogP contribution is 2.18. The van der Waals surface area contributed by atoms with E-state index in [1.54, 1.807) is 0 Å². The molecule has 3 nitrogen and oxygen atoms in total. The van der Waals surface area contributed by atoms with Crippen LogP contribution in [0.2, 0.25) is 0 Å². The van der Waals surface area contributed by atoms with Crippen molar-refractivity contribution in [3.05, 3.63) is 0 Å². The van der Waals surface area contributed by atoms with Crippen LogP contribution in [-0.2, 0) is 0 Å². The molecule has 16 heavy (non-hydrogen) atoms. The maximum atomic E-state index is 9.89. The third-order valence-electron chi connectivity index (χ3n) is 3.32. The Morgan fingerprint density at radius 1 is 1.19 bits per heavy atom. The minimum atomic E-state index is -0.273. The summed E-state index contributed by atoms with van der Waals surface area (Å²) in [6.45, 7) is 16.5. The van der Waals surface area contributed by atoms with Crippen molar-refractivity contribution in [1.29, 1.82) is 0 Å². The van der Waals surface area contributed by atoms with Crippen LogP contribution >= 0.6 is 0 Å². The zero-order chi connectivity index (χ0) is 12.8. The van der Waals surface area contributed by atoms with Gasteiger partial charge in [-0.05, 0) is 25.4 Å². The van der Waals surface area contributed by atoms with Crippen molar-refractivity contribution in [2.24, 2.45) is 5.41 Å². The SMILES string of the molecule is CCN(CC)CC(O)CNC(C)C(C)(C)C. The smallest absolute Gasteiger partial charge is 0.0791 e. The molecule has 0 fully saturated rings. The third kappa shape index (κ3) is 6.46. The van der Waals surface area contributed by atoms with E-state index < -0.39 is 0 Å². The second-order valence-corrected chi connectivity index (χ2v) is 5.64. The summed E-state index contributed by atoms with van der Waals surface area (Å²) in [6, 6.07) is 0.416. The van der Waals surface area contributed by atoms with E-state index in [-0.39, 0.29) is 11.5 Å². The Morgan fingerprint density at radius 3 is 2.06 bits per heavy atom. The van der Waals surface area contributed by atoms with Gasteiger partial charge >= 0.3 is 0 Å². The molecule has 0 radical (unpaired) electrons. The molecular weight excluding hydrogens is 200 g/mol. The van der Waals surface area contributed by atoms with Gasteiger partial charge in [0.1, 0.15) is 0 Å². The number of rotatable bonds is 7. The second-order valence-electron chi connectivity index (χ2n) is 5.64. The average Bonchev–Trinajstić information content (AvgIpc) is 2.20. The van der Waals surface area contributed by atoms with E-state index in [1.807, 2.05) is 0 Å². The van der Waals surface area contributed by atoms with E-state index in [0.717, 1.165) is 19.6 Å². The van der Waals surface area contributed by atoms with Gasteiger partial charge in [0.15, 0.2) is 0 Å². The van der Waals surface area contributed by atoms with Crippen molar-refractivity contribution in [1.82, 2.24) is 10.2 Å². The predicted molar refractivity (Wildman–Crippen MR) is 70.7 cm³/mol. The highest BCUT2D eigenvalue weighted by Gasteiger charge is 2.20. The van der Waals surface area contributed by atoms with Gasteiger partial charge in [-0.3, -0.25) is 0 Å². The molecule has 0 spiro atoms. The topological polar surface area (TPSA) is 35.5 Å². The maximum Gasteiger partial charge on any atom is 0.0791 e. The first-order chi connectivity index (χ1) is 7.31. The average molecular weight is 230 g/mol. The Hall–Kier alpha value is -0.120. The summed E-state index contributed by atoms with van der Waals surface area (Å²) in [5.41, 5.74) is 0.245. The first-order valence-electron chi connectivity index (χ1n) is 6.45. The number of hydrogen-bond donors (Lipinski definition) is 2. The summed E-state index contributed by atoms with van der Waals surface area (Å²) in [7, 11) is 0. The molecule has 0 saturated heterocycles. The molecule has 0 aliphatic carbocycles. The number of aliphatic hydroxyl groups is 1. The van der Waals surface area contributed by atoms with Crippen LogP contribution in [0.5, 0.6) is 0 Å². The standard InChI is InChI=1S/C13H30N2O/c1-7-15(8-2)10-12(16)9-14-11(3)13(4,5)6/h11-12,14,16H,7-10H2,1-6H3. The van der Waals surface area contributed by atoms with Crippen LogP contribution in [0.4, 0.5) is 0 Å². The third-order valence-corrected chi connectivity index (χ3v) is 3.32. The summed E-state index contributed by atoms with van der Waals surface area (Å²) >= 11 is 0. The first-order valence-corrected chi connectivity index (χ1v) is 6.45. The van der Waals surface area contributed by atoms with E-state index >= 15 is 0 Å². The van der Waals surface area contributed by atoms with Crippen molar-refractivity contribution in [3.8, 4) is 0 Å². The molecule has 0 aliphatic rings. The van der Waals surface area contributed by atoms with Crippen LogP contribution < -0.4 is 5.32 Å². The summed E-state index contributed by atoms with van der Waals surface area (Å²) in [4.78, 5) is 2.24. The van der Waals surface area contributed by atoms with Crippen molar-refractivity contribution < 1.29 is 5.11 Å². The molecular formula is C13H30N2O. The maximum absolute atomic E-state index is 9.89. The van der Waals surface area contributed by atoms with Gasteiger partial charge in [0.2, 0.25) is 0 Å². The molecule has 2 unspecified atom stereocenters. The highest BCUT2D eigenvalue weighted by molar-refractivity contribution is 4.77. The van der Waals surface area contributed by atoms with Gasteiger partial charge in [-0.15, -0.1) is 0 Å². The summed E-state index contributed by atoms with van der Waals surface area (Å²) in [5, 5.41) is 13.3. The molecule has 0 aromatic carbocycles. The molecule has 0 heterocycles. The van der Waals surface area contributed by atoms with Crippen LogP contribution in [-0.4, -0.2) is 48.3 Å². The van der Waals surface area contributed by atoms with Gasteiger partial charge in [0, 0.05) is 19.1 Å². The molecule has 0 aromatic rings. The Balaban J connectivity index is 3.85. The predicted octanol–water partition coefficient (Wildman–Crippen LogP) is 1.71. The van der Waals surface area contributed by atoms with E-state index in [2.05, 4.69) is 51.8 Å².